The summed E-state index contributed by atoms with van der Waals surface area (Å²) in [5.41, 5.74) is 1.12. The van der Waals surface area contributed by atoms with Crippen molar-refractivity contribution in [3.8, 4) is 0 Å². The molecule has 5 heteroatoms. The van der Waals surface area contributed by atoms with Crippen LogP contribution in [-0.4, -0.2) is 38.8 Å². The van der Waals surface area contributed by atoms with Crippen LogP contribution < -0.4 is 0 Å². The van der Waals surface area contributed by atoms with Crippen molar-refractivity contribution in [3.63, 3.8) is 0 Å². The molecule has 5 nitrogen and oxygen atoms in total. The van der Waals surface area contributed by atoms with Crippen molar-refractivity contribution in [2.24, 2.45) is 18.9 Å². The molecule has 2 atom stereocenters. The molecule has 18 heavy (non-hydrogen) atoms. The van der Waals surface area contributed by atoms with E-state index in [0.717, 1.165) is 18.8 Å². The van der Waals surface area contributed by atoms with Crippen molar-refractivity contribution >= 4 is 5.97 Å². The molecule has 2 heterocycles. The predicted molar refractivity (Wildman–Crippen MR) is 68.4 cm³/mol. The Bertz CT molecular complexity index is 431. The number of aromatic carboxylic acids is 1. The third-order valence-corrected chi connectivity index (χ3v) is 3.61. The Kier molecular flexibility index (Phi) is 3.71. The van der Waals surface area contributed by atoms with Gasteiger partial charge in [0.2, 0.25) is 0 Å². The standard InChI is InChI=1S/C13H21N3O2/c1-9-4-10(2)7-16(6-9)8-12-11(13(17)18)5-14-15(12)3/h5,9-10H,4,6-8H2,1-3H3,(H,17,18). The van der Waals surface area contributed by atoms with E-state index in [1.807, 2.05) is 0 Å². The molecule has 1 aliphatic rings. The largest absolute Gasteiger partial charge is 0.478 e. The molecule has 0 spiro atoms. The Morgan fingerprint density at radius 1 is 1.44 bits per heavy atom. The summed E-state index contributed by atoms with van der Waals surface area (Å²) in [4.78, 5) is 13.5. The zero-order valence-corrected chi connectivity index (χ0v) is 11.3. The van der Waals surface area contributed by atoms with Gasteiger partial charge in [-0.05, 0) is 18.3 Å². The molecule has 0 aliphatic carbocycles. The fourth-order valence-corrected chi connectivity index (χ4v) is 2.96. The molecule has 0 amide bonds. The van der Waals surface area contributed by atoms with Gasteiger partial charge in [-0.15, -0.1) is 0 Å². The zero-order chi connectivity index (χ0) is 13.3. The summed E-state index contributed by atoms with van der Waals surface area (Å²) in [5, 5.41) is 13.2. The summed E-state index contributed by atoms with van der Waals surface area (Å²) in [5.74, 6) is 0.460. The van der Waals surface area contributed by atoms with E-state index in [0.29, 0.717) is 23.9 Å². The maximum Gasteiger partial charge on any atom is 0.339 e. The molecule has 1 N–H and O–H groups in total. The Labute approximate surface area is 107 Å². The number of nitrogens with zero attached hydrogens (tertiary/aromatic N) is 3. The minimum Gasteiger partial charge on any atom is -0.478 e. The van der Waals surface area contributed by atoms with Crippen molar-refractivity contribution < 1.29 is 9.90 Å². The van der Waals surface area contributed by atoms with Gasteiger partial charge >= 0.3 is 5.97 Å². The molecule has 100 valence electrons. The minimum atomic E-state index is -0.892. The van der Waals surface area contributed by atoms with E-state index in [9.17, 15) is 4.79 Å². The van der Waals surface area contributed by atoms with Gasteiger partial charge in [0, 0.05) is 26.7 Å². The first-order chi connectivity index (χ1) is 8.47. The van der Waals surface area contributed by atoms with E-state index < -0.39 is 5.97 Å². The number of aromatic nitrogens is 2. The minimum absolute atomic E-state index is 0.323. The summed E-state index contributed by atoms with van der Waals surface area (Å²) < 4.78 is 1.67. The lowest BCUT2D eigenvalue weighted by Crippen LogP contribution is -2.38. The summed E-state index contributed by atoms with van der Waals surface area (Å²) in [6, 6.07) is 0. The van der Waals surface area contributed by atoms with Gasteiger partial charge in [0.25, 0.3) is 0 Å². The Morgan fingerprint density at radius 2 is 2.06 bits per heavy atom. The zero-order valence-electron chi connectivity index (χ0n) is 11.3. The van der Waals surface area contributed by atoms with Crippen LogP contribution in [0, 0.1) is 11.8 Å². The fourth-order valence-electron chi connectivity index (χ4n) is 2.96. The number of carboxylic acids is 1. The van der Waals surface area contributed by atoms with Gasteiger partial charge in [0.1, 0.15) is 5.56 Å². The van der Waals surface area contributed by atoms with Crippen LogP contribution in [0.4, 0.5) is 0 Å². The second-order valence-electron chi connectivity index (χ2n) is 5.57. The predicted octanol–water partition coefficient (Wildman–Crippen LogP) is 1.60. The topological polar surface area (TPSA) is 58.4 Å². The number of aryl methyl sites for hydroxylation is 1. The highest BCUT2D eigenvalue weighted by Gasteiger charge is 2.24. The van der Waals surface area contributed by atoms with Crippen LogP contribution in [0.5, 0.6) is 0 Å². The summed E-state index contributed by atoms with van der Waals surface area (Å²) in [6.45, 7) is 7.25. The molecule has 1 aromatic rings. The summed E-state index contributed by atoms with van der Waals surface area (Å²) in [7, 11) is 1.80. The highest BCUT2D eigenvalue weighted by atomic mass is 16.4. The van der Waals surface area contributed by atoms with Crippen molar-refractivity contribution in [1.82, 2.24) is 14.7 Å². The smallest absolute Gasteiger partial charge is 0.339 e. The number of likely N-dealkylation sites (tertiary alicyclic amines) is 1. The first kappa shape index (κ1) is 13.1. The number of rotatable bonds is 3. The van der Waals surface area contributed by atoms with Crippen molar-refractivity contribution in [2.45, 2.75) is 26.8 Å². The van der Waals surface area contributed by atoms with Crippen LogP contribution in [0.2, 0.25) is 0 Å². The van der Waals surface area contributed by atoms with Gasteiger partial charge < -0.3 is 5.11 Å². The highest BCUT2D eigenvalue weighted by Crippen LogP contribution is 2.23. The SMILES string of the molecule is CC1CC(C)CN(Cc2c(C(=O)O)cnn2C)C1. The lowest BCUT2D eigenvalue weighted by atomic mass is 9.92. The second kappa shape index (κ2) is 5.10. The Hall–Kier alpha value is -1.36. The molecule has 0 aromatic carbocycles. The van der Waals surface area contributed by atoms with Gasteiger partial charge in [-0.3, -0.25) is 9.58 Å². The molecule has 0 saturated carbocycles. The van der Waals surface area contributed by atoms with E-state index >= 15 is 0 Å². The normalized spacial score (nSPS) is 25.3. The van der Waals surface area contributed by atoms with Gasteiger partial charge in [0.15, 0.2) is 0 Å². The quantitative estimate of drug-likeness (QED) is 0.886. The lowest BCUT2D eigenvalue weighted by Gasteiger charge is -2.34. The number of carboxylic acid groups (broad SMARTS) is 1. The molecular weight excluding hydrogens is 230 g/mol. The maximum atomic E-state index is 11.1. The average molecular weight is 251 g/mol. The molecule has 1 saturated heterocycles. The highest BCUT2D eigenvalue weighted by molar-refractivity contribution is 5.88. The van der Waals surface area contributed by atoms with Crippen LogP contribution in [-0.2, 0) is 13.6 Å². The molecule has 1 aliphatic heterocycles. The third-order valence-electron chi connectivity index (χ3n) is 3.61. The van der Waals surface area contributed by atoms with Crippen LogP contribution in [0.3, 0.4) is 0 Å². The van der Waals surface area contributed by atoms with E-state index in [2.05, 4.69) is 23.8 Å². The third kappa shape index (κ3) is 2.72. The van der Waals surface area contributed by atoms with Crippen LogP contribution in [0.1, 0.15) is 36.3 Å². The van der Waals surface area contributed by atoms with Crippen LogP contribution >= 0.6 is 0 Å². The van der Waals surface area contributed by atoms with Gasteiger partial charge in [-0.25, -0.2) is 4.79 Å². The first-order valence-corrected chi connectivity index (χ1v) is 6.44. The summed E-state index contributed by atoms with van der Waals surface area (Å²) >= 11 is 0. The second-order valence-corrected chi connectivity index (χ2v) is 5.57. The maximum absolute atomic E-state index is 11.1. The molecule has 2 rings (SSSR count). The van der Waals surface area contributed by atoms with E-state index in [1.54, 1.807) is 11.7 Å². The van der Waals surface area contributed by atoms with Crippen molar-refractivity contribution in [1.29, 1.82) is 0 Å². The molecule has 1 aromatic heterocycles. The summed E-state index contributed by atoms with van der Waals surface area (Å²) in [6.07, 6.45) is 2.70. The molecular formula is C13H21N3O2. The van der Waals surface area contributed by atoms with E-state index in [4.69, 9.17) is 5.11 Å². The first-order valence-electron chi connectivity index (χ1n) is 6.44. The molecule has 2 unspecified atom stereocenters. The number of carbonyl (C=O) groups is 1. The number of hydrogen-bond acceptors (Lipinski definition) is 3. The lowest BCUT2D eigenvalue weighted by molar-refractivity contribution is 0.0692. The Morgan fingerprint density at radius 3 is 2.61 bits per heavy atom. The molecule has 0 bridgehead atoms. The number of hydrogen-bond donors (Lipinski definition) is 1. The van der Waals surface area contributed by atoms with Gasteiger partial charge in [0.05, 0.1) is 11.9 Å². The monoisotopic (exact) mass is 251 g/mol. The van der Waals surface area contributed by atoms with Gasteiger partial charge in [-0.2, -0.15) is 5.10 Å². The van der Waals surface area contributed by atoms with E-state index in [1.165, 1.54) is 12.6 Å². The average Bonchev–Trinajstić information content (AvgIpc) is 2.59. The van der Waals surface area contributed by atoms with Crippen LogP contribution in [0.25, 0.3) is 0 Å². The molecule has 0 radical (unpaired) electrons. The van der Waals surface area contributed by atoms with Gasteiger partial charge in [-0.1, -0.05) is 13.8 Å². The fraction of sp³-hybridized carbons (Fsp3) is 0.692. The number of piperidine rings is 1. The molecule has 1 fully saturated rings. The van der Waals surface area contributed by atoms with Crippen LogP contribution in [0.15, 0.2) is 6.20 Å². The van der Waals surface area contributed by atoms with Crippen molar-refractivity contribution in [2.75, 3.05) is 13.1 Å². The van der Waals surface area contributed by atoms with Crippen molar-refractivity contribution in [3.05, 3.63) is 17.5 Å². The van der Waals surface area contributed by atoms with E-state index in [-0.39, 0.29) is 0 Å². The Balaban J connectivity index is 2.13.